The average Bonchev–Trinajstić information content (AvgIpc) is 3.33. The second-order valence-electron chi connectivity index (χ2n) is 5.24. The number of esters is 2. The zero-order valence-corrected chi connectivity index (χ0v) is 12.8. The van der Waals surface area contributed by atoms with Gasteiger partial charge in [-0.05, 0) is 43.9 Å². The van der Waals surface area contributed by atoms with E-state index in [-0.39, 0.29) is 11.9 Å². The standard InChI is InChI=1S/C16H21NO5/c1-3-21-16(19)12(17)8-10-4-7-13(14(9-10)20-2)22-15(18)11-5-6-11/h4,7,9,11-12H,3,5-6,8,17H2,1-2H3. The van der Waals surface area contributed by atoms with Gasteiger partial charge in [-0.3, -0.25) is 9.59 Å². The van der Waals surface area contributed by atoms with Crippen molar-refractivity contribution in [1.29, 1.82) is 0 Å². The van der Waals surface area contributed by atoms with Crippen molar-refractivity contribution in [2.75, 3.05) is 13.7 Å². The van der Waals surface area contributed by atoms with Crippen LogP contribution in [0.15, 0.2) is 18.2 Å². The fourth-order valence-corrected chi connectivity index (χ4v) is 2.02. The molecular formula is C16H21NO5. The lowest BCUT2D eigenvalue weighted by Gasteiger charge is -2.13. The van der Waals surface area contributed by atoms with E-state index in [4.69, 9.17) is 19.9 Å². The molecule has 0 bridgehead atoms. The molecule has 1 saturated carbocycles. The molecule has 1 atom stereocenters. The van der Waals surface area contributed by atoms with E-state index in [2.05, 4.69) is 0 Å². The number of benzene rings is 1. The molecule has 0 spiro atoms. The highest BCUT2D eigenvalue weighted by Gasteiger charge is 2.32. The maximum Gasteiger partial charge on any atom is 0.323 e. The average molecular weight is 307 g/mol. The van der Waals surface area contributed by atoms with Gasteiger partial charge in [-0.25, -0.2) is 0 Å². The predicted octanol–water partition coefficient (Wildman–Crippen LogP) is 1.44. The van der Waals surface area contributed by atoms with Crippen molar-refractivity contribution in [3.05, 3.63) is 23.8 Å². The molecule has 0 heterocycles. The van der Waals surface area contributed by atoms with Crippen LogP contribution in [0.5, 0.6) is 11.5 Å². The third kappa shape index (κ3) is 4.21. The van der Waals surface area contributed by atoms with Crippen LogP contribution < -0.4 is 15.2 Å². The summed E-state index contributed by atoms with van der Waals surface area (Å²) in [7, 11) is 1.50. The van der Waals surface area contributed by atoms with Crippen molar-refractivity contribution in [2.24, 2.45) is 11.7 Å². The molecule has 0 radical (unpaired) electrons. The van der Waals surface area contributed by atoms with Crippen molar-refractivity contribution in [3.63, 3.8) is 0 Å². The number of carbonyl (C=O) groups excluding carboxylic acids is 2. The molecule has 1 fully saturated rings. The molecule has 1 aliphatic carbocycles. The molecule has 0 saturated heterocycles. The van der Waals surface area contributed by atoms with Crippen LogP contribution in [0.4, 0.5) is 0 Å². The van der Waals surface area contributed by atoms with Crippen LogP contribution in [0, 0.1) is 5.92 Å². The first-order valence-corrected chi connectivity index (χ1v) is 7.36. The molecule has 0 aliphatic heterocycles. The van der Waals surface area contributed by atoms with Crippen molar-refractivity contribution < 1.29 is 23.8 Å². The fraction of sp³-hybridized carbons (Fsp3) is 0.500. The number of carbonyl (C=O) groups is 2. The van der Waals surface area contributed by atoms with E-state index >= 15 is 0 Å². The Morgan fingerprint density at radius 1 is 1.32 bits per heavy atom. The number of hydrogen-bond acceptors (Lipinski definition) is 6. The summed E-state index contributed by atoms with van der Waals surface area (Å²) in [4.78, 5) is 23.3. The summed E-state index contributed by atoms with van der Waals surface area (Å²) in [6.07, 6.45) is 2.09. The maximum atomic E-state index is 11.7. The van der Waals surface area contributed by atoms with Gasteiger partial charge in [-0.1, -0.05) is 6.07 Å². The van der Waals surface area contributed by atoms with E-state index < -0.39 is 12.0 Å². The number of rotatable bonds is 7. The molecule has 6 nitrogen and oxygen atoms in total. The Kier molecular flexibility index (Phi) is 5.38. The van der Waals surface area contributed by atoms with Crippen molar-refractivity contribution in [1.82, 2.24) is 0 Å². The number of ether oxygens (including phenoxy) is 3. The molecule has 6 heteroatoms. The van der Waals surface area contributed by atoms with Gasteiger partial charge >= 0.3 is 11.9 Å². The molecule has 0 aromatic heterocycles. The summed E-state index contributed by atoms with van der Waals surface area (Å²) in [6, 6.07) is 4.41. The Hall–Kier alpha value is -2.08. The molecule has 0 amide bonds. The molecule has 22 heavy (non-hydrogen) atoms. The lowest BCUT2D eigenvalue weighted by atomic mass is 10.1. The summed E-state index contributed by atoms with van der Waals surface area (Å²) in [5.41, 5.74) is 6.60. The van der Waals surface area contributed by atoms with E-state index in [1.807, 2.05) is 0 Å². The van der Waals surface area contributed by atoms with Gasteiger partial charge in [-0.15, -0.1) is 0 Å². The summed E-state index contributed by atoms with van der Waals surface area (Å²) in [5, 5.41) is 0. The molecule has 2 N–H and O–H groups in total. The minimum atomic E-state index is -0.732. The minimum absolute atomic E-state index is 0.0154. The van der Waals surface area contributed by atoms with Crippen molar-refractivity contribution in [2.45, 2.75) is 32.2 Å². The molecule has 1 aliphatic rings. The predicted molar refractivity (Wildman–Crippen MR) is 79.7 cm³/mol. The lowest BCUT2D eigenvalue weighted by molar-refractivity contribution is -0.144. The zero-order chi connectivity index (χ0) is 16.1. The van der Waals surface area contributed by atoms with Gasteiger partial charge in [0.1, 0.15) is 6.04 Å². The van der Waals surface area contributed by atoms with Gasteiger partial charge in [0.15, 0.2) is 11.5 Å². The second kappa shape index (κ2) is 7.26. The van der Waals surface area contributed by atoms with Crippen molar-refractivity contribution in [3.8, 4) is 11.5 Å². The van der Waals surface area contributed by atoms with Gasteiger partial charge in [0.2, 0.25) is 0 Å². The van der Waals surface area contributed by atoms with Crippen LogP contribution in [0.3, 0.4) is 0 Å². The van der Waals surface area contributed by atoms with Crippen LogP contribution in [0.25, 0.3) is 0 Å². The highest BCUT2D eigenvalue weighted by molar-refractivity contribution is 5.78. The first kappa shape index (κ1) is 16.3. The van der Waals surface area contributed by atoms with Crippen LogP contribution in [-0.2, 0) is 20.7 Å². The molecule has 1 aromatic rings. The third-order valence-corrected chi connectivity index (χ3v) is 3.39. The maximum absolute atomic E-state index is 11.7. The molecule has 1 unspecified atom stereocenters. The Balaban J connectivity index is 2.04. The molecule has 1 aromatic carbocycles. The Labute approximate surface area is 129 Å². The number of nitrogens with two attached hydrogens (primary N) is 1. The molecular weight excluding hydrogens is 286 g/mol. The third-order valence-electron chi connectivity index (χ3n) is 3.39. The van der Waals surface area contributed by atoms with E-state index in [1.165, 1.54) is 7.11 Å². The first-order valence-electron chi connectivity index (χ1n) is 7.36. The van der Waals surface area contributed by atoms with Crippen LogP contribution in [0.2, 0.25) is 0 Å². The largest absolute Gasteiger partial charge is 0.493 e. The van der Waals surface area contributed by atoms with Crippen LogP contribution in [0.1, 0.15) is 25.3 Å². The van der Waals surface area contributed by atoms with E-state index in [1.54, 1.807) is 25.1 Å². The number of methoxy groups -OCH3 is 1. The Bertz CT molecular complexity index is 553. The van der Waals surface area contributed by atoms with Crippen LogP contribution >= 0.6 is 0 Å². The van der Waals surface area contributed by atoms with E-state index in [0.29, 0.717) is 24.5 Å². The SMILES string of the molecule is CCOC(=O)C(N)Cc1ccc(OC(=O)C2CC2)c(OC)c1. The van der Waals surface area contributed by atoms with Gasteiger partial charge in [0, 0.05) is 0 Å². The molecule has 2 rings (SSSR count). The lowest BCUT2D eigenvalue weighted by Crippen LogP contribution is -2.34. The quantitative estimate of drug-likeness (QED) is 0.606. The van der Waals surface area contributed by atoms with E-state index in [0.717, 1.165) is 18.4 Å². The number of hydrogen-bond donors (Lipinski definition) is 1. The highest BCUT2D eigenvalue weighted by Crippen LogP contribution is 2.34. The highest BCUT2D eigenvalue weighted by atomic mass is 16.6. The topological polar surface area (TPSA) is 87.9 Å². The summed E-state index contributed by atoms with van der Waals surface area (Å²) < 4.78 is 15.4. The molecule has 120 valence electrons. The summed E-state index contributed by atoms with van der Waals surface area (Å²) >= 11 is 0. The summed E-state index contributed by atoms with van der Waals surface area (Å²) in [6.45, 7) is 2.03. The first-order chi connectivity index (χ1) is 10.5. The summed E-state index contributed by atoms with van der Waals surface area (Å²) in [5.74, 6) is 0.178. The van der Waals surface area contributed by atoms with Crippen molar-refractivity contribution >= 4 is 11.9 Å². The van der Waals surface area contributed by atoms with Gasteiger partial charge in [-0.2, -0.15) is 0 Å². The monoisotopic (exact) mass is 307 g/mol. The minimum Gasteiger partial charge on any atom is -0.493 e. The normalized spacial score (nSPS) is 15.0. The smallest absolute Gasteiger partial charge is 0.323 e. The zero-order valence-electron chi connectivity index (χ0n) is 12.8. The van der Waals surface area contributed by atoms with Gasteiger partial charge in [0.05, 0.1) is 19.6 Å². The Morgan fingerprint density at radius 3 is 2.64 bits per heavy atom. The fourth-order valence-electron chi connectivity index (χ4n) is 2.02. The van der Waals surface area contributed by atoms with Crippen LogP contribution in [-0.4, -0.2) is 31.7 Å². The van der Waals surface area contributed by atoms with Gasteiger partial charge in [0.25, 0.3) is 0 Å². The van der Waals surface area contributed by atoms with Gasteiger partial charge < -0.3 is 19.9 Å². The Morgan fingerprint density at radius 2 is 2.05 bits per heavy atom. The van der Waals surface area contributed by atoms with E-state index in [9.17, 15) is 9.59 Å². The second-order valence-corrected chi connectivity index (χ2v) is 5.24.